The van der Waals surface area contributed by atoms with E-state index in [9.17, 15) is 0 Å². The van der Waals surface area contributed by atoms with E-state index in [2.05, 4.69) is 21.3 Å². The van der Waals surface area contributed by atoms with Gasteiger partial charge in [0.1, 0.15) is 5.75 Å². The Kier molecular flexibility index (Phi) is 3.15. The molecule has 94 valence electrons. The molecule has 2 N–H and O–H groups in total. The van der Waals surface area contributed by atoms with Crippen LogP contribution >= 0.6 is 11.8 Å². The number of hydrogen-bond acceptors (Lipinski definition) is 4. The van der Waals surface area contributed by atoms with Crippen molar-refractivity contribution < 1.29 is 4.74 Å². The normalized spacial score (nSPS) is 20.9. The van der Waals surface area contributed by atoms with E-state index in [1.165, 1.54) is 12.8 Å². The van der Waals surface area contributed by atoms with Crippen LogP contribution in [-0.4, -0.2) is 18.3 Å². The van der Waals surface area contributed by atoms with Crippen LogP contribution in [0.5, 0.6) is 5.75 Å². The maximum Gasteiger partial charge on any atom is 0.180 e. The summed E-state index contributed by atoms with van der Waals surface area (Å²) in [4.78, 5) is 4.54. The summed E-state index contributed by atoms with van der Waals surface area (Å²) in [6.45, 7) is 0. The molecule has 1 aliphatic carbocycles. The number of nitrogens with one attached hydrogen (secondary N) is 2. The minimum Gasteiger partial charge on any atom is -0.497 e. The van der Waals surface area contributed by atoms with Crippen LogP contribution in [0, 0.1) is 0 Å². The van der Waals surface area contributed by atoms with Gasteiger partial charge in [0.2, 0.25) is 0 Å². The fourth-order valence-corrected chi connectivity index (χ4v) is 2.38. The number of amidine groups is 1. The second-order valence-electron chi connectivity index (χ2n) is 4.29. The van der Waals surface area contributed by atoms with Crippen LogP contribution in [0.15, 0.2) is 34.7 Å². The number of ether oxygens (including phenoxy) is 1. The predicted octanol–water partition coefficient (Wildman–Crippen LogP) is 2.35. The molecule has 0 unspecified atom stereocenters. The molecule has 18 heavy (non-hydrogen) atoms. The van der Waals surface area contributed by atoms with Crippen molar-refractivity contribution in [2.75, 3.05) is 7.11 Å². The molecule has 0 saturated heterocycles. The third-order valence-corrected chi connectivity index (χ3v) is 3.62. The molecule has 0 aromatic heterocycles. The lowest BCUT2D eigenvalue weighted by Gasteiger charge is -2.19. The fourth-order valence-electron chi connectivity index (χ4n) is 1.64. The molecule has 1 heterocycles. The second kappa shape index (κ2) is 4.94. The van der Waals surface area contributed by atoms with Gasteiger partial charge >= 0.3 is 0 Å². The fraction of sp³-hybridized carbons (Fsp3) is 0.308. The first-order valence-electron chi connectivity index (χ1n) is 5.96. The number of aliphatic imine (C=N–C) groups is 1. The van der Waals surface area contributed by atoms with Crippen LogP contribution in [0.3, 0.4) is 0 Å². The van der Waals surface area contributed by atoms with Gasteiger partial charge in [-0.05, 0) is 37.1 Å². The summed E-state index contributed by atoms with van der Waals surface area (Å²) < 4.78 is 5.14. The van der Waals surface area contributed by atoms with Crippen LogP contribution in [0.2, 0.25) is 0 Å². The Labute approximate surface area is 110 Å². The van der Waals surface area contributed by atoms with E-state index in [1.807, 2.05) is 24.3 Å². The van der Waals surface area contributed by atoms with Gasteiger partial charge in [0, 0.05) is 11.0 Å². The second-order valence-corrected chi connectivity index (χ2v) is 5.15. The highest BCUT2D eigenvalue weighted by Gasteiger charge is 2.22. The molecule has 1 fully saturated rings. The van der Waals surface area contributed by atoms with Crippen molar-refractivity contribution in [3.05, 3.63) is 35.2 Å². The van der Waals surface area contributed by atoms with E-state index >= 15 is 0 Å². The van der Waals surface area contributed by atoms with E-state index < -0.39 is 0 Å². The Hall–Kier alpha value is -1.62. The van der Waals surface area contributed by atoms with Gasteiger partial charge in [0.05, 0.1) is 18.8 Å². The van der Waals surface area contributed by atoms with Gasteiger partial charge < -0.3 is 4.74 Å². The van der Waals surface area contributed by atoms with Crippen LogP contribution in [-0.2, 0) is 0 Å². The number of rotatable bonds is 3. The minimum absolute atomic E-state index is 0.540. The topological polar surface area (TPSA) is 45.6 Å². The van der Waals surface area contributed by atoms with E-state index in [-0.39, 0.29) is 0 Å². The maximum atomic E-state index is 5.14. The molecule has 5 heteroatoms. The summed E-state index contributed by atoms with van der Waals surface area (Å²) in [6, 6.07) is 8.51. The Bertz CT molecular complexity index is 491. The summed E-state index contributed by atoms with van der Waals surface area (Å²) in [5.41, 5.74) is 8.49. The summed E-state index contributed by atoms with van der Waals surface area (Å²) in [6.07, 6.45) is 2.45. The molecule has 2 aliphatic rings. The monoisotopic (exact) mass is 261 g/mol. The van der Waals surface area contributed by atoms with Crippen LogP contribution in [0.1, 0.15) is 18.4 Å². The van der Waals surface area contributed by atoms with E-state index in [0.717, 1.165) is 22.2 Å². The number of nitrogens with zero attached hydrogens (tertiary/aromatic N) is 1. The van der Waals surface area contributed by atoms with Gasteiger partial charge in [-0.1, -0.05) is 11.8 Å². The summed E-state index contributed by atoms with van der Waals surface area (Å²) in [7, 11) is 1.67. The van der Waals surface area contributed by atoms with Crippen molar-refractivity contribution >= 4 is 22.6 Å². The highest BCUT2D eigenvalue weighted by molar-refractivity contribution is 8.16. The molecule has 0 amide bonds. The van der Waals surface area contributed by atoms with Gasteiger partial charge in [0.25, 0.3) is 0 Å². The van der Waals surface area contributed by atoms with Gasteiger partial charge in [-0.3, -0.25) is 15.8 Å². The van der Waals surface area contributed by atoms with Crippen molar-refractivity contribution in [2.45, 2.75) is 18.9 Å². The molecule has 1 saturated carbocycles. The maximum absolute atomic E-state index is 5.14. The molecule has 1 aliphatic heterocycles. The number of hydrogen-bond donors (Lipinski definition) is 2. The lowest BCUT2D eigenvalue weighted by atomic mass is 10.2. The zero-order valence-corrected chi connectivity index (χ0v) is 11.0. The minimum atomic E-state index is 0.540. The van der Waals surface area contributed by atoms with Crippen molar-refractivity contribution in [1.82, 2.24) is 10.9 Å². The number of methoxy groups -OCH3 is 1. The molecule has 0 radical (unpaired) electrons. The SMILES string of the molecule is COc1ccc(C2=CSC(=NC3CC3)NN2)cc1. The average Bonchev–Trinajstić information content (AvgIpc) is 3.24. The average molecular weight is 261 g/mol. The summed E-state index contributed by atoms with van der Waals surface area (Å²) in [5, 5.41) is 3.04. The predicted molar refractivity (Wildman–Crippen MR) is 75.3 cm³/mol. The smallest absolute Gasteiger partial charge is 0.180 e. The molecule has 0 atom stereocenters. The lowest BCUT2D eigenvalue weighted by Crippen LogP contribution is -2.37. The van der Waals surface area contributed by atoms with Crippen molar-refractivity contribution in [3.8, 4) is 5.75 Å². The van der Waals surface area contributed by atoms with Crippen LogP contribution in [0.25, 0.3) is 5.70 Å². The Morgan fingerprint density at radius 2 is 2.00 bits per heavy atom. The van der Waals surface area contributed by atoms with Crippen molar-refractivity contribution in [2.24, 2.45) is 4.99 Å². The number of thioether (sulfide) groups is 1. The quantitative estimate of drug-likeness (QED) is 0.876. The molecular weight excluding hydrogens is 246 g/mol. The molecule has 0 spiro atoms. The standard InChI is InChI=1S/C13H15N3OS/c1-17-11-6-2-9(3-7-11)12-8-18-13(16-15-12)14-10-4-5-10/h2-3,6-8,10,15H,4-5H2,1H3,(H,14,16). The van der Waals surface area contributed by atoms with Crippen LogP contribution < -0.4 is 15.6 Å². The number of hydrazine groups is 1. The zero-order valence-electron chi connectivity index (χ0n) is 10.1. The third kappa shape index (κ3) is 2.61. The van der Waals surface area contributed by atoms with Crippen molar-refractivity contribution in [3.63, 3.8) is 0 Å². The zero-order chi connectivity index (χ0) is 12.4. The van der Waals surface area contributed by atoms with Crippen molar-refractivity contribution in [1.29, 1.82) is 0 Å². The molecule has 3 rings (SSSR count). The van der Waals surface area contributed by atoms with E-state index in [4.69, 9.17) is 4.74 Å². The third-order valence-electron chi connectivity index (χ3n) is 2.84. The highest BCUT2D eigenvalue weighted by Crippen LogP contribution is 2.27. The van der Waals surface area contributed by atoms with Gasteiger partial charge in [-0.25, -0.2) is 0 Å². The van der Waals surface area contributed by atoms with Gasteiger partial charge in [-0.2, -0.15) is 0 Å². The molecule has 0 bridgehead atoms. The Morgan fingerprint density at radius 1 is 1.22 bits per heavy atom. The Morgan fingerprint density at radius 3 is 2.56 bits per heavy atom. The van der Waals surface area contributed by atoms with Crippen LogP contribution in [0.4, 0.5) is 0 Å². The summed E-state index contributed by atoms with van der Waals surface area (Å²) >= 11 is 1.63. The molecule has 1 aromatic carbocycles. The summed E-state index contributed by atoms with van der Waals surface area (Å²) in [5.74, 6) is 0.867. The first-order valence-corrected chi connectivity index (χ1v) is 6.84. The molecule has 1 aromatic rings. The lowest BCUT2D eigenvalue weighted by molar-refractivity contribution is 0.415. The van der Waals surface area contributed by atoms with Gasteiger partial charge in [-0.15, -0.1) is 0 Å². The first-order chi connectivity index (χ1) is 8.85. The molecular formula is C13H15N3OS. The highest BCUT2D eigenvalue weighted by atomic mass is 32.2. The Balaban J connectivity index is 1.71. The molecule has 4 nitrogen and oxygen atoms in total. The van der Waals surface area contributed by atoms with E-state index in [0.29, 0.717) is 6.04 Å². The van der Waals surface area contributed by atoms with Gasteiger partial charge in [0.15, 0.2) is 5.17 Å². The number of benzene rings is 1. The largest absolute Gasteiger partial charge is 0.497 e. The first kappa shape index (κ1) is 11.5. The van der Waals surface area contributed by atoms with E-state index in [1.54, 1.807) is 18.9 Å².